The Hall–Kier alpha value is -2.15. The van der Waals surface area contributed by atoms with Crippen molar-refractivity contribution in [2.75, 3.05) is 18.4 Å². The standard InChI is InChI=1S/C11H14N4O3/c12-11(16)9-5-8(15(17)18)1-2-10(9)14-7-3-4-13-6-7/h1-2,5,7,13-14H,3-4,6H2,(H2,12,16). The molecule has 0 aliphatic carbocycles. The fourth-order valence-electron chi connectivity index (χ4n) is 1.97. The van der Waals surface area contributed by atoms with Crippen LogP contribution in [0.3, 0.4) is 0 Å². The van der Waals surface area contributed by atoms with Crippen LogP contribution in [-0.4, -0.2) is 30.0 Å². The number of hydrogen-bond donors (Lipinski definition) is 3. The van der Waals surface area contributed by atoms with Crippen LogP contribution in [0.4, 0.5) is 11.4 Å². The lowest BCUT2D eigenvalue weighted by atomic mass is 10.1. The van der Waals surface area contributed by atoms with E-state index in [-0.39, 0.29) is 17.3 Å². The van der Waals surface area contributed by atoms with Gasteiger partial charge in [-0.1, -0.05) is 0 Å². The minimum Gasteiger partial charge on any atom is -0.380 e. The maximum atomic E-state index is 11.3. The first-order valence-electron chi connectivity index (χ1n) is 5.63. The van der Waals surface area contributed by atoms with Crippen molar-refractivity contribution in [2.45, 2.75) is 12.5 Å². The maximum Gasteiger partial charge on any atom is 0.270 e. The van der Waals surface area contributed by atoms with Crippen LogP contribution >= 0.6 is 0 Å². The van der Waals surface area contributed by atoms with E-state index >= 15 is 0 Å². The number of amides is 1. The van der Waals surface area contributed by atoms with Gasteiger partial charge >= 0.3 is 0 Å². The van der Waals surface area contributed by atoms with Crippen LogP contribution in [-0.2, 0) is 0 Å². The molecule has 2 rings (SSSR count). The summed E-state index contributed by atoms with van der Waals surface area (Å²) in [5, 5.41) is 17.0. The van der Waals surface area contributed by atoms with E-state index in [0.717, 1.165) is 19.5 Å². The minimum absolute atomic E-state index is 0.140. The van der Waals surface area contributed by atoms with Gasteiger partial charge in [0.25, 0.3) is 11.6 Å². The average molecular weight is 250 g/mol. The zero-order valence-corrected chi connectivity index (χ0v) is 9.68. The molecule has 0 saturated carbocycles. The summed E-state index contributed by atoms with van der Waals surface area (Å²) in [6.07, 6.45) is 0.940. The smallest absolute Gasteiger partial charge is 0.270 e. The highest BCUT2D eigenvalue weighted by Gasteiger charge is 2.19. The summed E-state index contributed by atoms with van der Waals surface area (Å²) in [5.74, 6) is -0.674. The maximum absolute atomic E-state index is 11.3. The van der Waals surface area contributed by atoms with Crippen molar-refractivity contribution in [1.82, 2.24) is 5.32 Å². The van der Waals surface area contributed by atoms with E-state index in [1.807, 2.05) is 0 Å². The van der Waals surface area contributed by atoms with Crippen LogP contribution in [0.2, 0.25) is 0 Å². The molecule has 1 unspecified atom stereocenters. The number of nitro groups is 1. The van der Waals surface area contributed by atoms with Gasteiger partial charge in [0.1, 0.15) is 0 Å². The van der Waals surface area contributed by atoms with Gasteiger partial charge in [0.05, 0.1) is 10.5 Å². The van der Waals surface area contributed by atoms with E-state index < -0.39 is 10.8 Å². The molecule has 1 aliphatic rings. The third kappa shape index (κ3) is 2.57. The summed E-state index contributed by atoms with van der Waals surface area (Å²) in [4.78, 5) is 21.4. The number of nitro benzene ring substituents is 1. The Bertz CT molecular complexity index is 483. The second-order valence-corrected chi connectivity index (χ2v) is 4.19. The van der Waals surface area contributed by atoms with E-state index in [1.165, 1.54) is 18.2 Å². The second-order valence-electron chi connectivity index (χ2n) is 4.19. The summed E-state index contributed by atoms with van der Waals surface area (Å²) >= 11 is 0. The van der Waals surface area contributed by atoms with E-state index in [0.29, 0.717) is 5.69 Å². The number of nitrogens with zero attached hydrogens (tertiary/aromatic N) is 1. The lowest BCUT2D eigenvalue weighted by Gasteiger charge is -2.15. The van der Waals surface area contributed by atoms with E-state index in [1.54, 1.807) is 0 Å². The summed E-state index contributed by atoms with van der Waals surface area (Å²) in [6.45, 7) is 1.71. The normalized spacial score (nSPS) is 18.6. The molecule has 18 heavy (non-hydrogen) atoms. The van der Waals surface area contributed by atoms with Crippen molar-refractivity contribution in [3.8, 4) is 0 Å². The van der Waals surface area contributed by atoms with Gasteiger partial charge in [0, 0.05) is 30.4 Å². The molecule has 7 nitrogen and oxygen atoms in total. The molecule has 0 aromatic heterocycles. The number of anilines is 1. The summed E-state index contributed by atoms with van der Waals surface area (Å²) < 4.78 is 0. The molecule has 1 fully saturated rings. The van der Waals surface area contributed by atoms with Crippen LogP contribution in [0.5, 0.6) is 0 Å². The van der Waals surface area contributed by atoms with E-state index in [4.69, 9.17) is 5.73 Å². The summed E-state index contributed by atoms with van der Waals surface area (Å²) in [7, 11) is 0. The Morgan fingerprint density at radius 3 is 2.89 bits per heavy atom. The third-order valence-corrected chi connectivity index (χ3v) is 2.90. The zero-order valence-electron chi connectivity index (χ0n) is 9.68. The van der Waals surface area contributed by atoms with Crippen molar-refractivity contribution >= 4 is 17.3 Å². The molecular formula is C11H14N4O3. The SMILES string of the molecule is NC(=O)c1cc([N+](=O)[O-])ccc1NC1CCNC1. The molecule has 7 heteroatoms. The van der Waals surface area contributed by atoms with E-state index in [9.17, 15) is 14.9 Å². The van der Waals surface area contributed by atoms with Gasteiger partial charge in [-0.15, -0.1) is 0 Å². The first kappa shape index (κ1) is 12.3. The van der Waals surface area contributed by atoms with Crippen LogP contribution in [0.1, 0.15) is 16.8 Å². The molecule has 1 aliphatic heterocycles. The minimum atomic E-state index is -0.674. The zero-order chi connectivity index (χ0) is 13.1. The molecule has 0 spiro atoms. The Morgan fingerprint density at radius 1 is 1.56 bits per heavy atom. The molecule has 1 heterocycles. The van der Waals surface area contributed by atoms with Crippen LogP contribution < -0.4 is 16.4 Å². The highest BCUT2D eigenvalue weighted by Crippen LogP contribution is 2.23. The highest BCUT2D eigenvalue weighted by atomic mass is 16.6. The molecular weight excluding hydrogens is 236 g/mol. The molecule has 1 atom stereocenters. The monoisotopic (exact) mass is 250 g/mol. The number of rotatable bonds is 4. The lowest BCUT2D eigenvalue weighted by Crippen LogP contribution is -2.24. The predicted octanol–water partition coefficient (Wildman–Crippen LogP) is 0.467. The number of hydrogen-bond acceptors (Lipinski definition) is 5. The number of carbonyl (C=O) groups is 1. The molecule has 0 radical (unpaired) electrons. The first-order valence-corrected chi connectivity index (χ1v) is 5.63. The van der Waals surface area contributed by atoms with Gasteiger partial charge < -0.3 is 16.4 Å². The van der Waals surface area contributed by atoms with Gasteiger partial charge in [-0.2, -0.15) is 0 Å². The number of primary amides is 1. The van der Waals surface area contributed by atoms with Crippen molar-refractivity contribution in [3.05, 3.63) is 33.9 Å². The molecule has 96 valence electrons. The molecule has 1 amide bonds. The third-order valence-electron chi connectivity index (χ3n) is 2.90. The predicted molar refractivity (Wildman–Crippen MR) is 66.5 cm³/mol. The van der Waals surface area contributed by atoms with Crippen LogP contribution in [0.15, 0.2) is 18.2 Å². The van der Waals surface area contributed by atoms with Gasteiger partial charge in [-0.3, -0.25) is 14.9 Å². The van der Waals surface area contributed by atoms with Crippen LogP contribution in [0, 0.1) is 10.1 Å². The van der Waals surface area contributed by atoms with Gasteiger partial charge in [0.2, 0.25) is 0 Å². The molecule has 4 N–H and O–H groups in total. The van der Waals surface area contributed by atoms with Crippen LogP contribution in [0.25, 0.3) is 0 Å². The van der Waals surface area contributed by atoms with E-state index in [2.05, 4.69) is 10.6 Å². The Balaban J connectivity index is 2.28. The quantitative estimate of drug-likeness (QED) is 0.531. The number of carbonyl (C=O) groups excluding carboxylic acids is 1. The van der Waals surface area contributed by atoms with Crippen molar-refractivity contribution in [2.24, 2.45) is 5.73 Å². The van der Waals surface area contributed by atoms with Crippen molar-refractivity contribution in [1.29, 1.82) is 0 Å². The van der Waals surface area contributed by atoms with Gasteiger partial charge in [0.15, 0.2) is 0 Å². The number of nitrogens with two attached hydrogens (primary N) is 1. The van der Waals surface area contributed by atoms with Gasteiger partial charge in [-0.05, 0) is 19.0 Å². The Morgan fingerprint density at radius 2 is 2.33 bits per heavy atom. The molecule has 0 bridgehead atoms. The summed E-state index contributed by atoms with van der Waals surface area (Å²) in [6, 6.07) is 4.30. The number of non-ortho nitro benzene ring substituents is 1. The fraction of sp³-hybridized carbons (Fsp3) is 0.364. The van der Waals surface area contributed by atoms with Crippen molar-refractivity contribution < 1.29 is 9.72 Å². The van der Waals surface area contributed by atoms with Crippen molar-refractivity contribution in [3.63, 3.8) is 0 Å². The molecule has 1 aromatic rings. The largest absolute Gasteiger partial charge is 0.380 e. The first-order chi connectivity index (χ1) is 8.58. The Labute approximate surface area is 104 Å². The fourth-order valence-corrected chi connectivity index (χ4v) is 1.97. The number of benzene rings is 1. The van der Waals surface area contributed by atoms with Gasteiger partial charge in [-0.25, -0.2) is 0 Å². The highest BCUT2D eigenvalue weighted by molar-refractivity contribution is 5.99. The topological polar surface area (TPSA) is 110 Å². The second kappa shape index (κ2) is 5.01. The Kier molecular flexibility index (Phi) is 3.42. The lowest BCUT2D eigenvalue weighted by molar-refractivity contribution is -0.384. The summed E-state index contributed by atoms with van der Waals surface area (Å²) in [5.41, 5.74) is 5.79. The molecule has 1 saturated heterocycles. The molecule has 1 aromatic carbocycles. The average Bonchev–Trinajstić information content (AvgIpc) is 2.81. The number of nitrogens with one attached hydrogen (secondary N) is 2.